The van der Waals surface area contributed by atoms with Gasteiger partial charge in [-0.2, -0.15) is 0 Å². The molecule has 0 aliphatic heterocycles. The van der Waals surface area contributed by atoms with Gasteiger partial charge in [-0.3, -0.25) is 14.5 Å². The van der Waals surface area contributed by atoms with Gasteiger partial charge in [0.05, 0.1) is 0 Å². The highest BCUT2D eigenvalue weighted by Crippen LogP contribution is 2.21. The molecule has 0 saturated heterocycles. The topological polar surface area (TPSA) is 49.4 Å². The third-order valence-electron chi connectivity index (χ3n) is 3.83. The number of carbonyl (C=O) groups is 2. The predicted molar refractivity (Wildman–Crippen MR) is 114 cm³/mol. The van der Waals surface area contributed by atoms with E-state index < -0.39 is 0 Å². The first-order chi connectivity index (χ1) is 13.7. The number of anilines is 2. The summed E-state index contributed by atoms with van der Waals surface area (Å²) in [6.45, 7) is 10.9. The van der Waals surface area contributed by atoms with Gasteiger partial charge in [0.2, 0.25) is 6.41 Å². The van der Waals surface area contributed by atoms with E-state index in [2.05, 4.69) is 11.9 Å². The van der Waals surface area contributed by atoms with E-state index in [4.69, 9.17) is 0 Å². The van der Waals surface area contributed by atoms with Crippen molar-refractivity contribution >= 4 is 23.7 Å². The average molecular weight is 400 g/mol. The molecule has 0 heterocycles. The van der Waals surface area contributed by atoms with Crippen LogP contribution < -0.4 is 10.2 Å². The first-order valence-corrected chi connectivity index (χ1v) is 9.08. The van der Waals surface area contributed by atoms with Crippen LogP contribution in [-0.4, -0.2) is 12.3 Å². The van der Waals surface area contributed by atoms with E-state index in [1.54, 1.807) is 43.5 Å². The zero-order chi connectivity index (χ0) is 22.0. The van der Waals surface area contributed by atoms with Gasteiger partial charge < -0.3 is 5.32 Å². The van der Waals surface area contributed by atoms with Gasteiger partial charge in [-0.15, -0.1) is 0 Å². The Balaban J connectivity index is 0.000000296. The minimum absolute atomic E-state index is 0.158. The normalized spacial score (nSPS) is 10.3. The summed E-state index contributed by atoms with van der Waals surface area (Å²) in [4.78, 5) is 23.3. The maximum absolute atomic E-state index is 13.3. The molecule has 0 saturated carbocycles. The SMILES string of the molecule is C=C(C)C(=O)N(/C=C\C)c1ccc(F)cc1.CC(C)c1ccc(NC=O)cc1F. The molecule has 154 valence electrons. The van der Waals surface area contributed by atoms with E-state index in [0.29, 0.717) is 28.9 Å². The van der Waals surface area contributed by atoms with Crippen molar-refractivity contribution in [1.82, 2.24) is 0 Å². The smallest absolute Gasteiger partial charge is 0.257 e. The van der Waals surface area contributed by atoms with Crippen molar-refractivity contribution in [3.63, 3.8) is 0 Å². The van der Waals surface area contributed by atoms with Gasteiger partial charge in [-0.05, 0) is 61.7 Å². The van der Waals surface area contributed by atoms with E-state index in [-0.39, 0.29) is 23.5 Å². The monoisotopic (exact) mass is 400 g/mol. The van der Waals surface area contributed by atoms with Crippen molar-refractivity contribution in [3.05, 3.63) is 84.1 Å². The predicted octanol–water partition coefficient (Wildman–Crippen LogP) is 5.79. The van der Waals surface area contributed by atoms with Gasteiger partial charge in [0.25, 0.3) is 5.91 Å². The van der Waals surface area contributed by atoms with Crippen LogP contribution in [0.5, 0.6) is 0 Å². The first-order valence-electron chi connectivity index (χ1n) is 9.08. The molecule has 0 spiro atoms. The second-order valence-corrected chi connectivity index (χ2v) is 6.57. The molecule has 0 aliphatic rings. The van der Waals surface area contributed by atoms with Gasteiger partial charge in [0, 0.05) is 23.1 Å². The van der Waals surface area contributed by atoms with Crippen LogP contribution in [-0.2, 0) is 9.59 Å². The second-order valence-electron chi connectivity index (χ2n) is 6.57. The van der Waals surface area contributed by atoms with Gasteiger partial charge in [-0.1, -0.05) is 32.6 Å². The van der Waals surface area contributed by atoms with Crippen LogP contribution in [0.1, 0.15) is 39.2 Å². The summed E-state index contributed by atoms with van der Waals surface area (Å²) in [6, 6.07) is 10.4. The molecule has 0 radical (unpaired) electrons. The van der Waals surface area contributed by atoms with Crippen LogP contribution in [0.2, 0.25) is 0 Å². The van der Waals surface area contributed by atoms with Gasteiger partial charge >= 0.3 is 0 Å². The highest BCUT2D eigenvalue weighted by atomic mass is 19.1. The lowest BCUT2D eigenvalue weighted by Crippen LogP contribution is -2.25. The molecule has 0 aromatic heterocycles. The van der Waals surface area contributed by atoms with E-state index in [0.717, 1.165) is 0 Å². The van der Waals surface area contributed by atoms with Crippen LogP contribution in [0, 0.1) is 11.6 Å². The van der Waals surface area contributed by atoms with E-state index in [1.807, 2.05) is 20.8 Å². The van der Waals surface area contributed by atoms with Crippen molar-refractivity contribution in [2.75, 3.05) is 10.2 Å². The number of halogens is 2. The number of hydrogen-bond acceptors (Lipinski definition) is 2. The fourth-order valence-electron chi connectivity index (χ4n) is 2.38. The molecular weight excluding hydrogens is 374 g/mol. The fourth-order valence-corrected chi connectivity index (χ4v) is 2.38. The fraction of sp³-hybridized carbons (Fsp3) is 0.217. The standard InChI is InChI=1S/C13H14FNO.C10H12FNO/c1-4-9-15(13(16)10(2)3)12-7-5-11(14)6-8-12;1-7(2)9-4-3-8(12-6-13)5-10(9)11/h4-9H,2H2,1,3H3;3-7H,1-2H3,(H,12,13)/b9-4-;. The average Bonchev–Trinajstić information content (AvgIpc) is 2.67. The molecule has 1 N–H and O–H groups in total. The Kier molecular flexibility index (Phi) is 9.45. The van der Waals surface area contributed by atoms with Crippen molar-refractivity contribution < 1.29 is 18.4 Å². The Morgan fingerprint density at radius 3 is 2.21 bits per heavy atom. The molecule has 0 atom stereocenters. The first kappa shape index (κ1) is 23.8. The summed E-state index contributed by atoms with van der Waals surface area (Å²) in [6.07, 6.45) is 3.90. The molecule has 0 unspecified atom stereocenters. The number of amides is 2. The largest absolute Gasteiger partial charge is 0.329 e. The molecule has 2 rings (SSSR count). The molecule has 2 amide bonds. The Morgan fingerprint density at radius 1 is 1.14 bits per heavy atom. The maximum Gasteiger partial charge on any atom is 0.257 e. The van der Waals surface area contributed by atoms with Gasteiger partial charge in [0.1, 0.15) is 11.6 Å². The highest BCUT2D eigenvalue weighted by molar-refractivity contribution is 6.06. The minimum Gasteiger partial charge on any atom is -0.329 e. The highest BCUT2D eigenvalue weighted by Gasteiger charge is 2.13. The van der Waals surface area contributed by atoms with Crippen molar-refractivity contribution in [1.29, 1.82) is 0 Å². The Bertz CT molecular complexity index is 875. The van der Waals surface area contributed by atoms with Gasteiger partial charge in [-0.25, -0.2) is 8.78 Å². The number of hydrogen-bond donors (Lipinski definition) is 1. The number of nitrogens with zero attached hydrogens (tertiary/aromatic N) is 1. The lowest BCUT2D eigenvalue weighted by molar-refractivity contribution is -0.114. The molecule has 29 heavy (non-hydrogen) atoms. The zero-order valence-corrected chi connectivity index (χ0v) is 17.1. The molecule has 0 aliphatic carbocycles. The third kappa shape index (κ3) is 7.33. The Hall–Kier alpha value is -3.28. The summed E-state index contributed by atoms with van der Waals surface area (Å²) in [5.41, 5.74) is 2.20. The zero-order valence-electron chi connectivity index (χ0n) is 17.1. The number of allylic oxidation sites excluding steroid dienone is 1. The minimum atomic E-state index is -0.327. The third-order valence-corrected chi connectivity index (χ3v) is 3.83. The van der Waals surface area contributed by atoms with Crippen molar-refractivity contribution in [2.45, 2.75) is 33.6 Å². The van der Waals surface area contributed by atoms with Crippen molar-refractivity contribution in [2.24, 2.45) is 0 Å². The van der Waals surface area contributed by atoms with E-state index >= 15 is 0 Å². The number of rotatable bonds is 6. The molecular formula is C23H26F2N2O2. The molecule has 4 nitrogen and oxygen atoms in total. The number of benzene rings is 2. The van der Waals surface area contributed by atoms with Crippen molar-refractivity contribution in [3.8, 4) is 0 Å². The van der Waals surface area contributed by atoms with Crippen LogP contribution in [0.15, 0.2) is 66.9 Å². The molecule has 2 aromatic rings. The maximum atomic E-state index is 13.3. The molecule has 2 aromatic carbocycles. The summed E-state index contributed by atoms with van der Waals surface area (Å²) < 4.78 is 26.0. The number of nitrogens with one attached hydrogen (secondary N) is 1. The van der Waals surface area contributed by atoms with Crippen LogP contribution in [0.3, 0.4) is 0 Å². The van der Waals surface area contributed by atoms with Crippen LogP contribution in [0.25, 0.3) is 0 Å². The van der Waals surface area contributed by atoms with Gasteiger partial charge in [0.15, 0.2) is 0 Å². The van der Waals surface area contributed by atoms with E-state index in [9.17, 15) is 18.4 Å². The molecule has 0 bridgehead atoms. The molecule has 0 fully saturated rings. The van der Waals surface area contributed by atoms with E-state index in [1.165, 1.54) is 23.1 Å². The second kappa shape index (κ2) is 11.5. The summed E-state index contributed by atoms with van der Waals surface area (Å²) in [5.74, 6) is -0.649. The van der Waals surface area contributed by atoms with Crippen LogP contribution in [0.4, 0.5) is 20.2 Å². The Labute approximate surface area is 170 Å². The van der Waals surface area contributed by atoms with Crippen LogP contribution >= 0.6 is 0 Å². The summed E-state index contributed by atoms with van der Waals surface area (Å²) >= 11 is 0. The summed E-state index contributed by atoms with van der Waals surface area (Å²) in [7, 11) is 0. The molecule has 6 heteroatoms. The lowest BCUT2D eigenvalue weighted by Gasteiger charge is -2.18. The number of carbonyl (C=O) groups excluding carboxylic acids is 2. The lowest BCUT2D eigenvalue weighted by atomic mass is 10.0. The Morgan fingerprint density at radius 2 is 1.76 bits per heavy atom. The summed E-state index contributed by atoms with van der Waals surface area (Å²) in [5, 5.41) is 2.39. The quantitative estimate of drug-likeness (QED) is 0.493.